The first-order valence-electron chi connectivity index (χ1n) is 9.87. The quantitative estimate of drug-likeness (QED) is 0.476. The third-order valence-corrected chi connectivity index (χ3v) is 6.08. The molecule has 0 aliphatic carbocycles. The number of fused-ring (bicyclic) bond motifs is 2. The predicted molar refractivity (Wildman–Crippen MR) is 124 cm³/mol. The minimum absolute atomic E-state index is 0.111. The van der Waals surface area contributed by atoms with E-state index in [4.69, 9.17) is 18.0 Å². The number of aromatic nitrogens is 3. The fourth-order valence-corrected chi connectivity index (χ4v) is 4.50. The van der Waals surface area contributed by atoms with E-state index in [1.807, 2.05) is 24.3 Å². The van der Waals surface area contributed by atoms with Crippen LogP contribution >= 0.6 is 11.6 Å². The molecule has 0 bridgehead atoms. The summed E-state index contributed by atoms with van der Waals surface area (Å²) in [5, 5.41) is 0.812. The van der Waals surface area contributed by atoms with Gasteiger partial charge in [0, 0.05) is 23.3 Å². The molecule has 0 saturated heterocycles. The molecule has 8 heteroatoms. The van der Waals surface area contributed by atoms with Gasteiger partial charge in [0.25, 0.3) is 5.56 Å². The number of hydrogen-bond acceptors (Lipinski definition) is 3. The number of halogens is 1. The molecule has 5 rings (SSSR count). The van der Waals surface area contributed by atoms with Crippen molar-refractivity contribution in [1.82, 2.24) is 14.5 Å². The van der Waals surface area contributed by atoms with Crippen LogP contribution in [-0.2, 0) is 11.8 Å². The van der Waals surface area contributed by atoms with Gasteiger partial charge < -0.3 is 4.98 Å². The first kappa shape index (κ1) is 19.9. The second kappa shape index (κ2) is 7.29. The Morgan fingerprint density at radius 3 is 2.50 bits per heavy atom. The number of hydrogen-bond donors (Lipinski definition) is 2. The molecule has 158 valence electrons. The van der Waals surface area contributed by atoms with Crippen molar-refractivity contribution in [3.05, 3.63) is 85.5 Å². The molecule has 32 heavy (non-hydrogen) atoms. The van der Waals surface area contributed by atoms with E-state index in [-0.39, 0.29) is 17.8 Å². The third-order valence-electron chi connectivity index (χ3n) is 5.83. The molecule has 0 unspecified atom stereocenters. The van der Waals surface area contributed by atoms with Crippen LogP contribution in [0.1, 0.15) is 17.0 Å². The van der Waals surface area contributed by atoms with Gasteiger partial charge in [-0.2, -0.15) is 0 Å². The highest BCUT2D eigenvalue weighted by Crippen LogP contribution is 2.45. The van der Waals surface area contributed by atoms with Gasteiger partial charge in [-0.15, -0.1) is 6.42 Å². The fraction of sp³-hybridized carbons (Fsp3) is 0.125. The molecule has 1 atom stereocenters. The Morgan fingerprint density at radius 1 is 1.06 bits per heavy atom. The highest BCUT2D eigenvalue weighted by molar-refractivity contribution is 6.30. The first-order valence-corrected chi connectivity index (χ1v) is 10.2. The second-order valence-electron chi connectivity index (χ2n) is 7.58. The average Bonchev–Trinajstić information content (AvgIpc) is 3.29. The van der Waals surface area contributed by atoms with Gasteiger partial charge in [-0.3, -0.25) is 24.0 Å². The minimum atomic E-state index is -0.766. The van der Waals surface area contributed by atoms with Crippen molar-refractivity contribution in [2.45, 2.75) is 5.92 Å². The molecule has 1 amide bonds. The maximum absolute atomic E-state index is 13.6. The number of nitrogens with one attached hydrogen (secondary N) is 2. The number of carbonyl (C=O) groups excluding carboxylic acids is 1. The van der Waals surface area contributed by atoms with Gasteiger partial charge in [0.1, 0.15) is 5.65 Å². The zero-order valence-electron chi connectivity index (χ0n) is 17.0. The Hall–Kier alpha value is -4.02. The second-order valence-corrected chi connectivity index (χ2v) is 8.02. The lowest BCUT2D eigenvalue weighted by Gasteiger charge is -2.15. The summed E-state index contributed by atoms with van der Waals surface area (Å²) < 4.78 is 1.32. The largest absolute Gasteiger partial charge is 0.340 e. The van der Waals surface area contributed by atoms with Gasteiger partial charge in [0.2, 0.25) is 5.91 Å². The zero-order chi connectivity index (χ0) is 22.6. The monoisotopic (exact) mass is 444 g/mol. The van der Waals surface area contributed by atoms with E-state index in [2.05, 4.69) is 15.9 Å². The van der Waals surface area contributed by atoms with E-state index in [1.165, 1.54) is 4.57 Å². The van der Waals surface area contributed by atoms with Crippen molar-refractivity contribution in [3.8, 4) is 23.6 Å². The molecule has 2 aromatic carbocycles. The molecule has 0 radical (unpaired) electrons. The van der Waals surface area contributed by atoms with Gasteiger partial charge in [-0.05, 0) is 29.3 Å². The number of aryl methyl sites for hydroxylation is 1. The third kappa shape index (κ3) is 2.81. The Labute approximate surface area is 187 Å². The van der Waals surface area contributed by atoms with Crippen LogP contribution < -0.4 is 16.1 Å². The number of anilines is 1. The maximum Gasteiger partial charge on any atom is 0.329 e. The zero-order valence-corrected chi connectivity index (χ0v) is 17.7. The lowest BCUT2D eigenvalue weighted by atomic mass is 9.89. The van der Waals surface area contributed by atoms with Gasteiger partial charge >= 0.3 is 5.69 Å². The van der Waals surface area contributed by atoms with Gasteiger partial charge in [-0.1, -0.05) is 47.9 Å². The summed E-state index contributed by atoms with van der Waals surface area (Å²) in [6.45, 7) is 0.111. The van der Waals surface area contributed by atoms with E-state index in [9.17, 15) is 14.4 Å². The topological polar surface area (TPSA) is 91.0 Å². The molecule has 0 fully saturated rings. The van der Waals surface area contributed by atoms with Gasteiger partial charge in [-0.25, -0.2) is 4.79 Å². The normalized spacial score (nSPS) is 15.2. The SMILES string of the molecule is C#CCN1C(=O)[C@@H](c2c(-c3ccc(Cl)cc3)[nH]c3c2c(=O)[nH]c(=O)n3C)c2ccccc21. The number of rotatable bonds is 3. The molecule has 0 saturated carbocycles. The summed E-state index contributed by atoms with van der Waals surface area (Å²) in [5.74, 6) is 1.54. The van der Waals surface area contributed by atoms with Crippen molar-refractivity contribution in [2.75, 3.05) is 11.4 Å². The minimum Gasteiger partial charge on any atom is -0.340 e. The standard InChI is InChI=1S/C24H17ClN4O3/c1-3-12-29-16-7-5-4-6-15(16)17(23(29)31)18-19-21(28(2)24(32)27-22(19)30)26-20(18)13-8-10-14(25)11-9-13/h1,4-11,17,26H,12H2,2H3,(H,27,30,32)/t17-/m1/s1. The molecule has 2 N–H and O–H groups in total. The number of H-pyrrole nitrogens is 2. The Kier molecular flexibility index (Phi) is 4.54. The van der Waals surface area contributed by atoms with Crippen LogP contribution in [0.5, 0.6) is 0 Å². The fourth-order valence-electron chi connectivity index (χ4n) is 4.38. The maximum atomic E-state index is 13.6. The van der Waals surface area contributed by atoms with Crippen molar-refractivity contribution in [2.24, 2.45) is 7.05 Å². The van der Waals surface area contributed by atoms with Crippen LogP contribution in [-0.4, -0.2) is 27.0 Å². The van der Waals surface area contributed by atoms with Gasteiger partial charge in [0.15, 0.2) is 0 Å². The number of carbonyl (C=O) groups is 1. The first-order chi connectivity index (χ1) is 15.4. The van der Waals surface area contributed by atoms with E-state index >= 15 is 0 Å². The predicted octanol–water partition coefficient (Wildman–Crippen LogP) is 2.99. The van der Waals surface area contributed by atoms with Crippen molar-refractivity contribution in [3.63, 3.8) is 0 Å². The molecule has 0 spiro atoms. The van der Waals surface area contributed by atoms with E-state index in [0.29, 0.717) is 27.6 Å². The Bertz CT molecular complexity index is 1550. The number of para-hydroxylation sites is 1. The molecule has 7 nitrogen and oxygen atoms in total. The van der Waals surface area contributed by atoms with Gasteiger partial charge in [0.05, 0.1) is 23.5 Å². The number of aromatic amines is 2. The lowest BCUT2D eigenvalue weighted by Crippen LogP contribution is -2.31. The van der Waals surface area contributed by atoms with Crippen LogP contribution in [0, 0.1) is 12.3 Å². The van der Waals surface area contributed by atoms with E-state index in [0.717, 1.165) is 11.1 Å². The summed E-state index contributed by atoms with van der Waals surface area (Å²) >= 11 is 6.07. The number of benzene rings is 2. The summed E-state index contributed by atoms with van der Waals surface area (Å²) in [4.78, 5) is 46.0. The van der Waals surface area contributed by atoms with Crippen LogP contribution in [0.3, 0.4) is 0 Å². The van der Waals surface area contributed by atoms with E-state index < -0.39 is 17.2 Å². The summed E-state index contributed by atoms with van der Waals surface area (Å²) in [7, 11) is 1.56. The lowest BCUT2D eigenvalue weighted by molar-refractivity contribution is -0.118. The number of terminal acetylenes is 1. The summed E-state index contributed by atoms with van der Waals surface area (Å²) in [6, 6.07) is 14.4. The molecule has 3 heterocycles. The number of amides is 1. The van der Waals surface area contributed by atoms with Crippen LogP contribution in [0.2, 0.25) is 5.02 Å². The van der Waals surface area contributed by atoms with Crippen LogP contribution in [0.25, 0.3) is 22.3 Å². The molecular formula is C24H17ClN4O3. The highest BCUT2D eigenvalue weighted by Gasteiger charge is 2.41. The van der Waals surface area contributed by atoms with Crippen molar-refractivity contribution >= 4 is 34.2 Å². The molecule has 4 aromatic rings. The summed E-state index contributed by atoms with van der Waals surface area (Å²) in [6.07, 6.45) is 5.52. The number of nitrogens with zero attached hydrogens (tertiary/aromatic N) is 2. The Balaban J connectivity index is 1.89. The molecule has 2 aromatic heterocycles. The average molecular weight is 445 g/mol. The van der Waals surface area contributed by atoms with E-state index in [1.54, 1.807) is 36.2 Å². The van der Waals surface area contributed by atoms with Crippen LogP contribution in [0.15, 0.2) is 58.1 Å². The Morgan fingerprint density at radius 2 is 1.78 bits per heavy atom. The summed E-state index contributed by atoms with van der Waals surface area (Å²) in [5.41, 5.74) is 2.47. The molecular weight excluding hydrogens is 428 g/mol. The molecule has 1 aliphatic heterocycles. The van der Waals surface area contributed by atoms with Crippen LogP contribution in [0.4, 0.5) is 5.69 Å². The molecule has 1 aliphatic rings. The highest BCUT2D eigenvalue weighted by atomic mass is 35.5. The van der Waals surface area contributed by atoms with Crippen molar-refractivity contribution in [1.29, 1.82) is 0 Å². The van der Waals surface area contributed by atoms with Crippen molar-refractivity contribution < 1.29 is 4.79 Å². The smallest absolute Gasteiger partial charge is 0.329 e.